The van der Waals surface area contributed by atoms with Crippen LogP contribution < -0.4 is 0 Å². The van der Waals surface area contributed by atoms with E-state index in [0.29, 0.717) is 5.52 Å². The second-order valence-corrected chi connectivity index (χ2v) is 3.02. The van der Waals surface area contributed by atoms with E-state index in [1.165, 1.54) is 6.20 Å². The fourth-order valence-electron chi connectivity index (χ4n) is 1.30. The first-order chi connectivity index (χ1) is 7.72. The third kappa shape index (κ3) is 1.74. The van der Waals surface area contributed by atoms with Crippen molar-refractivity contribution in [3.8, 4) is 12.3 Å². The number of ether oxygens (including phenoxy) is 1. The summed E-state index contributed by atoms with van der Waals surface area (Å²) in [7, 11) is 0. The van der Waals surface area contributed by atoms with Crippen molar-refractivity contribution in [3.05, 3.63) is 30.5 Å². The van der Waals surface area contributed by atoms with Gasteiger partial charge in [0.25, 0.3) is 6.29 Å². The number of aliphatic hydroxyl groups excluding tert-OH is 1. The molecular weight excluding hydrogens is 208 g/mol. The lowest BCUT2D eigenvalue weighted by Crippen LogP contribution is -2.21. The number of benzene rings is 1. The molecule has 80 valence electrons. The molecule has 1 aromatic carbocycles. The molecule has 2 rings (SSSR count). The Labute approximate surface area is 91.2 Å². The van der Waals surface area contributed by atoms with Crippen LogP contribution in [-0.4, -0.2) is 27.3 Å². The fraction of sp³-hybridized carbons (Fsp3) is 0.0909. The Kier molecular flexibility index (Phi) is 2.58. The van der Waals surface area contributed by atoms with Gasteiger partial charge in [-0.1, -0.05) is 18.2 Å². The highest BCUT2D eigenvalue weighted by atomic mass is 16.6. The molecule has 0 saturated carbocycles. The van der Waals surface area contributed by atoms with Crippen LogP contribution in [0, 0.1) is 12.3 Å². The van der Waals surface area contributed by atoms with E-state index in [0.717, 1.165) is 10.1 Å². The van der Waals surface area contributed by atoms with Crippen molar-refractivity contribution in [1.82, 2.24) is 9.78 Å². The highest BCUT2D eigenvalue weighted by molar-refractivity contribution is 5.87. The Morgan fingerprint density at radius 2 is 2.31 bits per heavy atom. The van der Waals surface area contributed by atoms with Gasteiger partial charge in [0.15, 0.2) is 0 Å². The molecule has 0 aliphatic heterocycles. The highest BCUT2D eigenvalue weighted by Crippen LogP contribution is 2.12. The maximum absolute atomic E-state index is 11.5. The number of aromatic nitrogens is 2. The minimum atomic E-state index is -1.56. The van der Waals surface area contributed by atoms with Crippen LogP contribution in [0.5, 0.6) is 0 Å². The normalized spacial score (nSPS) is 12.0. The van der Waals surface area contributed by atoms with Crippen LogP contribution in [0.4, 0.5) is 4.79 Å². The molecular formula is C11H8N2O3. The zero-order valence-electron chi connectivity index (χ0n) is 8.20. The fourth-order valence-corrected chi connectivity index (χ4v) is 1.30. The number of nitrogens with zero attached hydrogens (tertiary/aromatic N) is 2. The minimum absolute atomic E-state index is 0.594. The van der Waals surface area contributed by atoms with Gasteiger partial charge in [0.1, 0.15) is 0 Å². The third-order valence-corrected chi connectivity index (χ3v) is 2.01. The Morgan fingerprint density at radius 1 is 1.56 bits per heavy atom. The largest absolute Gasteiger partial charge is 0.438 e. The molecule has 0 bridgehead atoms. The molecule has 2 aromatic rings. The molecule has 16 heavy (non-hydrogen) atoms. The molecule has 1 unspecified atom stereocenters. The average molecular weight is 216 g/mol. The molecule has 0 aliphatic carbocycles. The number of carbonyl (C=O) groups excluding carboxylic acids is 1. The van der Waals surface area contributed by atoms with Crippen molar-refractivity contribution in [1.29, 1.82) is 0 Å². The minimum Gasteiger partial charge on any atom is -0.406 e. The Bertz CT molecular complexity index is 568. The maximum atomic E-state index is 11.5. The van der Waals surface area contributed by atoms with Gasteiger partial charge < -0.3 is 9.84 Å². The van der Waals surface area contributed by atoms with Crippen molar-refractivity contribution < 1.29 is 14.6 Å². The molecule has 5 heteroatoms. The summed E-state index contributed by atoms with van der Waals surface area (Å²) < 4.78 is 5.57. The number of carbonyl (C=O) groups is 1. The van der Waals surface area contributed by atoms with Crippen molar-refractivity contribution in [2.24, 2.45) is 0 Å². The van der Waals surface area contributed by atoms with E-state index in [2.05, 4.69) is 9.84 Å². The quantitative estimate of drug-likeness (QED) is 0.570. The van der Waals surface area contributed by atoms with Crippen LogP contribution in [0.1, 0.15) is 0 Å². The van der Waals surface area contributed by atoms with Gasteiger partial charge in [-0.15, -0.1) is 6.42 Å². The van der Waals surface area contributed by atoms with E-state index in [1.54, 1.807) is 12.1 Å². The molecule has 0 amide bonds. The topological polar surface area (TPSA) is 64.3 Å². The summed E-state index contributed by atoms with van der Waals surface area (Å²) in [6, 6.07) is 7.12. The number of terminal acetylenes is 1. The van der Waals surface area contributed by atoms with Gasteiger partial charge in [0.05, 0.1) is 11.7 Å². The zero-order valence-corrected chi connectivity index (χ0v) is 8.20. The molecule has 1 heterocycles. The van der Waals surface area contributed by atoms with Crippen LogP contribution in [0.25, 0.3) is 10.9 Å². The lowest BCUT2D eigenvalue weighted by Gasteiger charge is -2.05. The Balaban J connectivity index is 2.34. The lowest BCUT2D eigenvalue weighted by atomic mass is 10.3. The van der Waals surface area contributed by atoms with Gasteiger partial charge in [-0.25, -0.2) is 4.79 Å². The second-order valence-electron chi connectivity index (χ2n) is 3.02. The lowest BCUT2D eigenvalue weighted by molar-refractivity contribution is -0.00886. The van der Waals surface area contributed by atoms with E-state index in [1.807, 2.05) is 18.1 Å². The number of rotatable bonds is 1. The van der Waals surface area contributed by atoms with Gasteiger partial charge >= 0.3 is 6.09 Å². The standard InChI is InChI=1S/C11H8N2O3/c1-2-10(14)16-11(15)13-9-6-4-3-5-8(9)7-12-13/h1,3-7,10,14H. The van der Waals surface area contributed by atoms with Crippen molar-refractivity contribution in [3.63, 3.8) is 0 Å². The molecule has 1 N–H and O–H groups in total. The third-order valence-electron chi connectivity index (χ3n) is 2.01. The molecule has 0 aliphatic rings. The van der Waals surface area contributed by atoms with E-state index < -0.39 is 12.4 Å². The summed E-state index contributed by atoms with van der Waals surface area (Å²) in [6.07, 6.45) is 4.03. The molecule has 0 radical (unpaired) electrons. The van der Waals surface area contributed by atoms with Gasteiger partial charge in [0, 0.05) is 5.39 Å². The molecule has 1 aromatic heterocycles. The number of aliphatic hydroxyl groups is 1. The van der Waals surface area contributed by atoms with Crippen LogP contribution >= 0.6 is 0 Å². The van der Waals surface area contributed by atoms with Crippen LogP contribution in [0.15, 0.2) is 30.5 Å². The van der Waals surface area contributed by atoms with Crippen molar-refractivity contribution >= 4 is 17.0 Å². The second kappa shape index (κ2) is 4.04. The SMILES string of the molecule is C#CC(O)OC(=O)n1ncc2ccccc21. The van der Waals surface area contributed by atoms with Crippen LogP contribution in [0.2, 0.25) is 0 Å². The summed E-state index contributed by atoms with van der Waals surface area (Å²) in [5, 5.41) is 13.6. The molecule has 0 fully saturated rings. The van der Waals surface area contributed by atoms with Gasteiger partial charge in [0.2, 0.25) is 0 Å². The smallest absolute Gasteiger partial charge is 0.406 e. The summed E-state index contributed by atoms with van der Waals surface area (Å²) in [4.78, 5) is 11.5. The average Bonchev–Trinajstić information content (AvgIpc) is 2.72. The zero-order chi connectivity index (χ0) is 11.5. The summed E-state index contributed by atoms with van der Waals surface area (Å²) in [6.45, 7) is 0. The Hall–Kier alpha value is -2.32. The summed E-state index contributed by atoms with van der Waals surface area (Å²) >= 11 is 0. The van der Waals surface area contributed by atoms with Crippen LogP contribution in [-0.2, 0) is 4.74 Å². The summed E-state index contributed by atoms with van der Waals surface area (Å²) in [5.74, 6) is 1.88. The molecule has 1 atom stereocenters. The monoisotopic (exact) mass is 216 g/mol. The van der Waals surface area contributed by atoms with E-state index in [-0.39, 0.29) is 0 Å². The van der Waals surface area contributed by atoms with Crippen LogP contribution in [0.3, 0.4) is 0 Å². The van der Waals surface area contributed by atoms with Crippen molar-refractivity contribution in [2.75, 3.05) is 0 Å². The Morgan fingerprint density at radius 3 is 3.06 bits per heavy atom. The highest BCUT2D eigenvalue weighted by Gasteiger charge is 2.14. The molecule has 0 spiro atoms. The first kappa shape index (κ1) is 10.2. The van der Waals surface area contributed by atoms with Gasteiger partial charge in [-0.3, -0.25) is 0 Å². The molecule has 0 saturated heterocycles. The van der Waals surface area contributed by atoms with E-state index in [9.17, 15) is 4.79 Å². The number of hydrogen-bond donors (Lipinski definition) is 1. The number of para-hydroxylation sites is 1. The molecule has 5 nitrogen and oxygen atoms in total. The first-order valence-electron chi connectivity index (χ1n) is 4.50. The summed E-state index contributed by atoms with van der Waals surface area (Å²) in [5.41, 5.74) is 0.594. The number of hydrogen-bond acceptors (Lipinski definition) is 4. The van der Waals surface area contributed by atoms with E-state index >= 15 is 0 Å². The van der Waals surface area contributed by atoms with Gasteiger partial charge in [-0.05, 0) is 12.0 Å². The predicted molar refractivity (Wildman–Crippen MR) is 56.5 cm³/mol. The van der Waals surface area contributed by atoms with Crippen molar-refractivity contribution in [2.45, 2.75) is 6.29 Å². The maximum Gasteiger partial charge on any atom is 0.438 e. The van der Waals surface area contributed by atoms with Gasteiger partial charge in [-0.2, -0.15) is 9.78 Å². The number of fused-ring (bicyclic) bond motifs is 1. The van der Waals surface area contributed by atoms with E-state index in [4.69, 9.17) is 11.5 Å². The first-order valence-corrected chi connectivity index (χ1v) is 4.50. The predicted octanol–water partition coefficient (Wildman–Crippen LogP) is 0.973.